The molecule has 0 aromatic heterocycles. The molecule has 3 fully saturated rings. The van der Waals surface area contributed by atoms with Gasteiger partial charge in [0.2, 0.25) is 0 Å². The van der Waals surface area contributed by atoms with Crippen LogP contribution in [0.5, 0.6) is 0 Å². The first-order chi connectivity index (χ1) is 15.0. The van der Waals surface area contributed by atoms with Crippen molar-refractivity contribution in [2.45, 2.75) is 113 Å². The lowest BCUT2D eigenvalue weighted by Crippen LogP contribution is -2.65. The molecule has 0 spiro atoms. The highest BCUT2D eigenvalue weighted by Crippen LogP contribution is 2.32. The van der Waals surface area contributed by atoms with Gasteiger partial charge in [0.1, 0.15) is 54.9 Å². The number of aliphatic hydroxyl groups is 7. The molecular weight excluding hydrogens is 436 g/mol. The van der Waals surface area contributed by atoms with Crippen LogP contribution < -0.4 is 0 Å². The number of hydrogen-bond acceptors (Lipinski definition) is 13. The summed E-state index contributed by atoms with van der Waals surface area (Å²) in [6.07, 6.45) is -19.4. The Morgan fingerprint density at radius 1 is 0.469 bits per heavy atom. The van der Waals surface area contributed by atoms with Crippen molar-refractivity contribution in [2.24, 2.45) is 0 Å². The molecule has 3 rings (SSSR count). The number of hydrogen-bond donors (Lipinski definition) is 7. The van der Waals surface area contributed by atoms with Crippen molar-refractivity contribution in [2.75, 3.05) is 7.11 Å². The predicted molar refractivity (Wildman–Crippen MR) is 102 cm³/mol. The quantitative estimate of drug-likeness (QED) is 0.206. The van der Waals surface area contributed by atoms with Crippen LogP contribution in [0.25, 0.3) is 0 Å². The molecule has 13 nitrogen and oxygen atoms in total. The molecule has 0 aromatic rings. The molecule has 3 heterocycles. The fraction of sp³-hybridized carbons (Fsp3) is 1.00. The Hall–Kier alpha value is -0.520. The summed E-state index contributed by atoms with van der Waals surface area (Å²) in [5, 5.41) is 71.9. The third-order valence-electron chi connectivity index (χ3n) is 6.18. The second-order valence-electron chi connectivity index (χ2n) is 8.50. The lowest BCUT2D eigenvalue weighted by Gasteiger charge is -2.47. The average molecular weight is 470 g/mol. The Balaban J connectivity index is 1.72. The Morgan fingerprint density at radius 2 is 0.938 bits per heavy atom. The van der Waals surface area contributed by atoms with Gasteiger partial charge in [0, 0.05) is 7.11 Å². The van der Waals surface area contributed by atoms with Gasteiger partial charge in [-0.1, -0.05) is 0 Å². The minimum atomic E-state index is -1.65. The lowest BCUT2D eigenvalue weighted by atomic mass is 9.96. The molecule has 0 radical (unpaired) electrons. The molecule has 0 saturated carbocycles. The minimum absolute atomic E-state index is 0.753. The van der Waals surface area contributed by atoms with Gasteiger partial charge in [0.15, 0.2) is 18.9 Å². The van der Waals surface area contributed by atoms with Crippen LogP contribution in [0.2, 0.25) is 0 Å². The summed E-state index contributed by atoms with van der Waals surface area (Å²) in [6, 6.07) is 0. The van der Waals surface area contributed by atoms with Crippen molar-refractivity contribution in [1.82, 2.24) is 0 Å². The molecule has 188 valence electrons. The summed E-state index contributed by atoms with van der Waals surface area (Å²) in [7, 11) is 1.31. The van der Waals surface area contributed by atoms with Gasteiger partial charge in [-0.3, -0.25) is 0 Å². The van der Waals surface area contributed by atoms with Gasteiger partial charge in [0.25, 0.3) is 0 Å². The zero-order valence-electron chi connectivity index (χ0n) is 18.2. The zero-order chi connectivity index (χ0) is 23.9. The largest absolute Gasteiger partial charge is 0.388 e. The van der Waals surface area contributed by atoms with Gasteiger partial charge in [-0.15, -0.1) is 0 Å². The Kier molecular flexibility index (Phi) is 8.48. The van der Waals surface area contributed by atoms with E-state index in [1.54, 1.807) is 6.92 Å². The van der Waals surface area contributed by atoms with Crippen molar-refractivity contribution >= 4 is 0 Å². The highest BCUT2D eigenvalue weighted by atomic mass is 16.7. The van der Waals surface area contributed by atoms with Crippen molar-refractivity contribution < 1.29 is 64.2 Å². The standard InChI is InChI=1S/C19H34O13/c1-5-8(20)10(22)12(24)18(28-5)32-16-9(21)6(2)29-19(14(16)26)31-15-7(3)30-17(27-4)13(25)11(15)23/h5-26H,1-4H3/t5-,6-,7-,8-,9-,10+,11-,12+,13+,14+,15-,16+,17+,18-,19+/m0/s1. The molecule has 3 saturated heterocycles. The van der Waals surface area contributed by atoms with Gasteiger partial charge in [-0.25, -0.2) is 0 Å². The summed E-state index contributed by atoms with van der Waals surface area (Å²) >= 11 is 0. The predicted octanol–water partition coefficient (Wildman–Crippen LogP) is -3.84. The van der Waals surface area contributed by atoms with Crippen LogP contribution in [-0.2, 0) is 28.4 Å². The number of ether oxygens (including phenoxy) is 6. The number of methoxy groups -OCH3 is 1. The van der Waals surface area contributed by atoms with E-state index in [-0.39, 0.29) is 0 Å². The highest BCUT2D eigenvalue weighted by molar-refractivity contribution is 4.94. The molecule has 3 aliphatic rings. The molecule has 3 aliphatic heterocycles. The van der Waals surface area contributed by atoms with E-state index in [4.69, 9.17) is 28.4 Å². The van der Waals surface area contributed by atoms with Gasteiger partial charge in [-0.05, 0) is 20.8 Å². The number of aliphatic hydroxyl groups excluding tert-OH is 7. The topological polar surface area (TPSA) is 197 Å². The van der Waals surface area contributed by atoms with Crippen LogP contribution in [0, 0.1) is 0 Å². The van der Waals surface area contributed by atoms with E-state index < -0.39 is 92.1 Å². The molecule has 0 amide bonds. The number of rotatable bonds is 5. The summed E-state index contributed by atoms with van der Waals surface area (Å²) in [6.45, 7) is 4.54. The third-order valence-corrected chi connectivity index (χ3v) is 6.18. The normalized spacial score (nSPS) is 55.0. The van der Waals surface area contributed by atoms with E-state index in [1.165, 1.54) is 21.0 Å². The Bertz CT molecular complexity index is 610. The van der Waals surface area contributed by atoms with Crippen molar-refractivity contribution in [3.05, 3.63) is 0 Å². The minimum Gasteiger partial charge on any atom is -0.388 e. The maximum atomic E-state index is 10.8. The second kappa shape index (κ2) is 10.4. The van der Waals surface area contributed by atoms with E-state index >= 15 is 0 Å². The molecule has 0 aromatic carbocycles. The van der Waals surface area contributed by atoms with Crippen LogP contribution in [0.1, 0.15) is 20.8 Å². The second-order valence-corrected chi connectivity index (χ2v) is 8.50. The van der Waals surface area contributed by atoms with E-state index in [0.717, 1.165) is 0 Å². The highest BCUT2D eigenvalue weighted by Gasteiger charge is 2.52. The van der Waals surface area contributed by atoms with E-state index in [2.05, 4.69) is 0 Å². The molecule has 0 bridgehead atoms. The van der Waals surface area contributed by atoms with E-state index in [1.807, 2.05) is 0 Å². The maximum absolute atomic E-state index is 10.8. The maximum Gasteiger partial charge on any atom is 0.187 e. The van der Waals surface area contributed by atoms with E-state index in [0.29, 0.717) is 0 Å². The third kappa shape index (κ3) is 4.95. The fourth-order valence-electron chi connectivity index (χ4n) is 4.09. The first-order valence-electron chi connectivity index (χ1n) is 10.5. The molecule has 7 N–H and O–H groups in total. The molecule has 15 atom stereocenters. The lowest BCUT2D eigenvalue weighted by molar-refractivity contribution is -0.373. The summed E-state index contributed by atoms with van der Waals surface area (Å²) in [5.41, 5.74) is 0. The van der Waals surface area contributed by atoms with Crippen LogP contribution in [-0.4, -0.2) is 135 Å². The first-order valence-corrected chi connectivity index (χ1v) is 10.5. The van der Waals surface area contributed by atoms with Crippen molar-refractivity contribution in [3.8, 4) is 0 Å². The molecule has 13 heteroatoms. The fourth-order valence-corrected chi connectivity index (χ4v) is 4.09. The Labute approximate surface area is 185 Å². The van der Waals surface area contributed by atoms with Crippen LogP contribution in [0.15, 0.2) is 0 Å². The SMILES string of the molecule is CO[C@@H]1O[C@@H](C)[C@H](O[C@H]2O[C@@H](C)[C@H](O)[C@@H](O[C@@H]3O[C@@H](C)[C@H](O)[C@@H](O)[C@H]3O)[C@H]2O)[C@@H](O)[C@H]1O. The van der Waals surface area contributed by atoms with Crippen LogP contribution in [0.4, 0.5) is 0 Å². The molecule has 0 unspecified atom stereocenters. The smallest absolute Gasteiger partial charge is 0.187 e. The molecule has 0 aliphatic carbocycles. The van der Waals surface area contributed by atoms with Gasteiger partial charge >= 0.3 is 0 Å². The van der Waals surface area contributed by atoms with Gasteiger partial charge in [-0.2, -0.15) is 0 Å². The molecular formula is C19H34O13. The average Bonchev–Trinajstić information content (AvgIpc) is 2.76. The van der Waals surface area contributed by atoms with Crippen LogP contribution in [0.3, 0.4) is 0 Å². The summed E-state index contributed by atoms with van der Waals surface area (Å²) in [4.78, 5) is 0. The Morgan fingerprint density at radius 3 is 1.53 bits per heavy atom. The zero-order valence-corrected chi connectivity index (χ0v) is 18.2. The summed E-state index contributed by atoms with van der Waals surface area (Å²) < 4.78 is 32.7. The van der Waals surface area contributed by atoms with Gasteiger partial charge < -0.3 is 64.2 Å². The van der Waals surface area contributed by atoms with Crippen molar-refractivity contribution in [3.63, 3.8) is 0 Å². The first kappa shape index (κ1) is 26.1. The monoisotopic (exact) mass is 470 g/mol. The summed E-state index contributed by atoms with van der Waals surface area (Å²) in [5.74, 6) is 0. The molecule has 32 heavy (non-hydrogen) atoms. The van der Waals surface area contributed by atoms with Crippen molar-refractivity contribution in [1.29, 1.82) is 0 Å². The van der Waals surface area contributed by atoms with Gasteiger partial charge in [0.05, 0.1) is 18.3 Å². The van der Waals surface area contributed by atoms with E-state index in [9.17, 15) is 35.7 Å². The van der Waals surface area contributed by atoms with Crippen LogP contribution >= 0.6 is 0 Å².